The van der Waals surface area contributed by atoms with E-state index in [0.29, 0.717) is 28.0 Å². The van der Waals surface area contributed by atoms with Crippen LogP contribution in [-0.2, 0) is 0 Å². The third-order valence-corrected chi connectivity index (χ3v) is 6.53. The van der Waals surface area contributed by atoms with Gasteiger partial charge in [-0.15, -0.1) is 10.2 Å². The summed E-state index contributed by atoms with van der Waals surface area (Å²) in [6, 6.07) is 16.4. The van der Waals surface area contributed by atoms with Gasteiger partial charge in [0.1, 0.15) is 10.7 Å². The van der Waals surface area contributed by atoms with Gasteiger partial charge in [0.15, 0.2) is 0 Å². The Balaban J connectivity index is 1.34. The molecule has 2 amide bonds. The number of carbonyl (C=O) groups is 2. The maximum Gasteiger partial charge on any atom is 0.286 e. The summed E-state index contributed by atoms with van der Waals surface area (Å²) in [6.07, 6.45) is 1.66. The molecule has 0 saturated carbocycles. The van der Waals surface area contributed by atoms with Crippen molar-refractivity contribution in [2.24, 2.45) is 0 Å². The minimum absolute atomic E-state index is 0.0705. The van der Waals surface area contributed by atoms with Gasteiger partial charge in [-0.25, -0.2) is 0 Å². The molecule has 0 spiro atoms. The van der Waals surface area contributed by atoms with Gasteiger partial charge in [0.25, 0.3) is 11.8 Å². The van der Waals surface area contributed by atoms with Gasteiger partial charge >= 0.3 is 0 Å². The molecule has 0 unspecified atom stereocenters. The molecule has 4 aromatic rings. The van der Waals surface area contributed by atoms with Gasteiger partial charge in [-0.2, -0.15) is 0 Å². The monoisotopic (exact) mass is 451 g/mol. The van der Waals surface area contributed by atoms with Crippen LogP contribution in [0.25, 0.3) is 10.9 Å². The summed E-state index contributed by atoms with van der Waals surface area (Å²) in [6.45, 7) is 0.641. The second-order valence-corrected chi connectivity index (χ2v) is 8.78. The molecule has 0 aliphatic carbocycles. The lowest BCUT2D eigenvalue weighted by Crippen LogP contribution is -2.30. The highest BCUT2D eigenvalue weighted by Gasteiger charge is 2.34. The smallest absolute Gasteiger partial charge is 0.286 e. The van der Waals surface area contributed by atoms with Gasteiger partial charge in [0.05, 0.1) is 6.04 Å². The van der Waals surface area contributed by atoms with E-state index in [0.717, 1.165) is 23.7 Å². The highest BCUT2D eigenvalue weighted by Crippen LogP contribution is 2.35. The van der Waals surface area contributed by atoms with Crippen molar-refractivity contribution in [1.29, 1.82) is 0 Å². The van der Waals surface area contributed by atoms with E-state index in [1.807, 2.05) is 35.2 Å². The Morgan fingerprint density at radius 3 is 2.84 bits per heavy atom. The molecule has 0 radical (unpaired) electrons. The number of likely N-dealkylation sites (tertiary alicyclic amines) is 1. The number of nitrogens with zero attached hydrogens (tertiary/aromatic N) is 3. The number of fused-ring (bicyclic) bond motifs is 1. The molecule has 0 bridgehead atoms. The number of rotatable bonds is 4. The lowest BCUT2D eigenvalue weighted by atomic mass is 10.2. The van der Waals surface area contributed by atoms with Crippen LogP contribution in [0.4, 0.5) is 5.69 Å². The summed E-state index contributed by atoms with van der Waals surface area (Å²) in [4.78, 5) is 30.7. The third kappa shape index (κ3) is 3.92. The largest absolute Gasteiger partial charge is 0.351 e. The van der Waals surface area contributed by atoms with E-state index >= 15 is 0 Å². The number of nitrogens with one attached hydrogen (secondary N) is 2. The summed E-state index contributed by atoms with van der Waals surface area (Å²) >= 11 is 7.18. The molecular formula is C22H18ClN5O2S. The first-order chi connectivity index (χ1) is 15.1. The zero-order valence-corrected chi connectivity index (χ0v) is 17.9. The van der Waals surface area contributed by atoms with Crippen LogP contribution >= 0.6 is 22.9 Å². The van der Waals surface area contributed by atoms with Crippen molar-refractivity contribution in [3.05, 3.63) is 75.3 Å². The van der Waals surface area contributed by atoms with Crippen LogP contribution < -0.4 is 5.32 Å². The first-order valence-corrected chi connectivity index (χ1v) is 11.1. The Kier molecular flexibility index (Phi) is 5.17. The summed E-state index contributed by atoms with van der Waals surface area (Å²) < 4.78 is 0. The van der Waals surface area contributed by atoms with Crippen LogP contribution in [0.15, 0.2) is 54.6 Å². The van der Waals surface area contributed by atoms with Crippen molar-refractivity contribution in [2.75, 3.05) is 11.9 Å². The summed E-state index contributed by atoms with van der Waals surface area (Å²) in [5.41, 5.74) is 2.07. The van der Waals surface area contributed by atoms with Gasteiger partial charge in [-0.3, -0.25) is 9.59 Å². The molecule has 2 aromatic heterocycles. The molecule has 1 aliphatic rings. The molecule has 1 fully saturated rings. The molecular weight excluding hydrogens is 434 g/mol. The number of aromatic amines is 1. The molecule has 7 nitrogen and oxygen atoms in total. The van der Waals surface area contributed by atoms with Crippen molar-refractivity contribution in [1.82, 2.24) is 20.1 Å². The van der Waals surface area contributed by atoms with Gasteiger partial charge < -0.3 is 15.2 Å². The summed E-state index contributed by atoms with van der Waals surface area (Å²) in [5.74, 6) is -0.420. The van der Waals surface area contributed by atoms with Gasteiger partial charge in [0, 0.05) is 28.2 Å². The maximum atomic E-state index is 13.2. The predicted octanol–water partition coefficient (Wildman–Crippen LogP) is 4.90. The Hall–Kier alpha value is -3.23. The molecule has 1 aliphatic heterocycles. The number of hydrogen-bond acceptors (Lipinski definition) is 5. The average molecular weight is 452 g/mol. The Morgan fingerprint density at radius 2 is 2.00 bits per heavy atom. The highest BCUT2D eigenvalue weighted by atomic mass is 35.5. The molecule has 1 atom stereocenters. The molecule has 2 N–H and O–H groups in total. The normalized spacial score (nSPS) is 16.0. The lowest BCUT2D eigenvalue weighted by Gasteiger charge is -2.22. The molecule has 3 heterocycles. The van der Waals surface area contributed by atoms with Crippen LogP contribution in [-0.4, -0.2) is 38.4 Å². The van der Waals surface area contributed by atoms with E-state index in [1.165, 1.54) is 11.3 Å². The van der Waals surface area contributed by atoms with E-state index in [-0.39, 0.29) is 22.9 Å². The average Bonchev–Trinajstić information content (AvgIpc) is 3.51. The van der Waals surface area contributed by atoms with Crippen molar-refractivity contribution < 1.29 is 9.59 Å². The fourth-order valence-electron chi connectivity index (χ4n) is 3.82. The van der Waals surface area contributed by atoms with Crippen molar-refractivity contribution in [2.45, 2.75) is 18.9 Å². The SMILES string of the molecule is O=C(Nc1cccc(Cl)c1)c1nnc([C@H]2CCCN2C(=O)c2cc3ccccc3[nH]2)s1. The number of hydrogen-bond donors (Lipinski definition) is 2. The molecule has 1 saturated heterocycles. The van der Waals surface area contributed by atoms with E-state index in [2.05, 4.69) is 20.5 Å². The number of halogens is 1. The summed E-state index contributed by atoms with van der Waals surface area (Å²) in [7, 11) is 0. The minimum atomic E-state index is -0.350. The van der Waals surface area contributed by atoms with Crippen LogP contribution in [0.5, 0.6) is 0 Å². The Labute approximate surface area is 187 Å². The van der Waals surface area contributed by atoms with Gasteiger partial charge in [-0.05, 0) is 43.2 Å². The quantitative estimate of drug-likeness (QED) is 0.461. The standard InChI is InChI=1S/C22H18ClN5O2S/c23-14-6-3-7-15(12-14)24-19(29)21-27-26-20(31-21)18-9-4-10-28(18)22(30)17-11-13-5-1-2-8-16(13)25-17/h1-3,5-8,11-12,18,25H,4,9-10H2,(H,24,29)/t18-/m1/s1. The molecule has 156 valence electrons. The van der Waals surface area contributed by atoms with E-state index in [4.69, 9.17) is 11.6 Å². The van der Waals surface area contributed by atoms with E-state index < -0.39 is 0 Å². The predicted molar refractivity (Wildman–Crippen MR) is 121 cm³/mol. The second kappa shape index (κ2) is 8.13. The molecule has 9 heteroatoms. The van der Waals surface area contributed by atoms with Crippen molar-refractivity contribution in [3.63, 3.8) is 0 Å². The number of aromatic nitrogens is 3. The van der Waals surface area contributed by atoms with E-state index in [9.17, 15) is 9.59 Å². The number of amides is 2. The van der Waals surface area contributed by atoms with Gasteiger partial charge in [0.2, 0.25) is 5.01 Å². The number of benzene rings is 2. The first kappa shape index (κ1) is 19.7. The van der Waals surface area contributed by atoms with Crippen LogP contribution in [0.1, 0.15) is 44.2 Å². The van der Waals surface area contributed by atoms with Crippen LogP contribution in [0.2, 0.25) is 5.02 Å². The Morgan fingerprint density at radius 1 is 1.13 bits per heavy atom. The topological polar surface area (TPSA) is 91.0 Å². The minimum Gasteiger partial charge on any atom is -0.351 e. The van der Waals surface area contributed by atoms with Crippen molar-refractivity contribution >= 4 is 51.3 Å². The molecule has 5 rings (SSSR count). The first-order valence-electron chi connectivity index (χ1n) is 9.87. The molecule has 2 aromatic carbocycles. The summed E-state index contributed by atoms with van der Waals surface area (Å²) in [5, 5.41) is 13.5. The zero-order valence-electron chi connectivity index (χ0n) is 16.3. The number of para-hydroxylation sites is 1. The fourth-order valence-corrected chi connectivity index (χ4v) is 4.90. The molecule has 31 heavy (non-hydrogen) atoms. The Bertz CT molecular complexity index is 1250. The third-order valence-electron chi connectivity index (χ3n) is 5.28. The number of anilines is 1. The second-order valence-electron chi connectivity index (χ2n) is 7.34. The van der Waals surface area contributed by atoms with Gasteiger partial charge in [-0.1, -0.05) is 47.2 Å². The number of carbonyl (C=O) groups excluding carboxylic acids is 2. The highest BCUT2D eigenvalue weighted by molar-refractivity contribution is 7.13. The zero-order chi connectivity index (χ0) is 21.4. The number of H-pyrrole nitrogens is 1. The fraction of sp³-hybridized carbons (Fsp3) is 0.182. The van der Waals surface area contributed by atoms with Crippen molar-refractivity contribution in [3.8, 4) is 0 Å². The maximum absolute atomic E-state index is 13.2. The van der Waals surface area contributed by atoms with Crippen LogP contribution in [0, 0.1) is 0 Å². The van der Waals surface area contributed by atoms with E-state index in [1.54, 1.807) is 24.3 Å². The lowest BCUT2D eigenvalue weighted by molar-refractivity contribution is 0.0730. The van der Waals surface area contributed by atoms with Crippen LogP contribution in [0.3, 0.4) is 0 Å².